The first kappa shape index (κ1) is 12.6. The van der Waals surface area contributed by atoms with Crippen molar-refractivity contribution in [2.24, 2.45) is 5.92 Å². The van der Waals surface area contributed by atoms with Crippen molar-refractivity contribution in [1.82, 2.24) is 0 Å². The Kier molecular flexibility index (Phi) is 4.29. The summed E-state index contributed by atoms with van der Waals surface area (Å²) in [6.07, 6.45) is 5.63. The molecule has 1 unspecified atom stereocenters. The van der Waals surface area contributed by atoms with Gasteiger partial charge in [-0.1, -0.05) is 36.4 Å². The fourth-order valence-electron chi connectivity index (χ4n) is 2.04. The van der Waals surface area contributed by atoms with Crippen LogP contribution in [0.25, 0.3) is 6.08 Å². The van der Waals surface area contributed by atoms with Crippen LogP contribution in [0.4, 0.5) is 0 Å². The second-order valence-corrected chi connectivity index (χ2v) is 4.35. The summed E-state index contributed by atoms with van der Waals surface area (Å²) >= 11 is 0. The van der Waals surface area contributed by atoms with Crippen LogP contribution < -0.4 is 0 Å². The fourth-order valence-corrected chi connectivity index (χ4v) is 2.04. The molecule has 1 aromatic carbocycles. The van der Waals surface area contributed by atoms with Crippen LogP contribution in [-0.4, -0.2) is 18.4 Å². The van der Waals surface area contributed by atoms with Crippen LogP contribution in [0.1, 0.15) is 24.8 Å². The van der Waals surface area contributed by atoms with Gasteiger partial charge >= 0.3 is 5.97 Å². The Morgan fingerprint density at radius 1 is 1.33 bits per heavy atom. The highest BCUT2D eigenvalue weighted by molar-refractivity contribution is 6.00. The highest BCUT2D eigenvalue weighted by Gasteiger charge is 2.31. The molecular weight excluding hydrogens is 228 g/mol. The molecule has 0 N–H and O–H groups in total. The van der Waals surface area contributed by atoms with E-state index in [4.69, 9.17) is 4.74 Å². The minimum Gasteiger partial charge on any atom is -0.461 e. The van der Waals surface area contributed by atoms with Crippen LogP contribution in [0.15, 0.2) is 36.4 Å². The van der Waals surface area contributed by atoms with Crippen molar-refractivity contribution in [1.29, 1.82) is 0 Å². The van der Waals surface area contributed by atoms with E-state index in [-0.39, 0.29) is 18.4 Å². The van der Waals surface area contributed by atoms with Gasteiger partial charge in [0.1, 0.15) is 18.3 Å². The molecule has 3 nitrogen and oxygen atoms in total. The molecule has 0 aliphatic heterocycles. The van der Waals surface area contributed by atoms with Crippen molar-refractivity contribution in [3.8, 4) is 0 Å². The van der Waals surface area contributed by atoms with E-state index in [1.165, 1.54) is 0 Å². The van der Waals surface area contributed by atoms with Gasteiger partial charge in [0.25, 0.3) is 0 Å². The van der Waals surface area contributed by atoms with Gasteiger partial charge in [-0.15, -0.1) is 0 Å². The third kappa shape index (κ3) is 3.29. The largest absolute Gasteiger partial charge is 0.461 e. The maximum Gasteiger partial charge on any atom is 0.316 e. The molecule has 0 saturated heterocycles. The lowest BCUT2D eigenvalue weighted by Crippen LogP contribution is -2.21. The lowest BCUT2D eigenvalue weighted by molar-refractivity contribution is -0.149. The van der Waals surface area contributed by atoms with Gasteiger partial charge in [-0.2, -0.15) is 0 Å². The van der Waals surface area contributed by atoms with E-state index in [1.807, 2.05) is 36.4 Å². The van der Waals surface area contributed by atoms with Crippen LogP contribution in [-0.2, 0) is 14.3 Å². The maximum atomic E-state index is 11.6. The minimum atomic E-state index is -0.518. The lowest BCUT2D eigenvalue weighted by Gasteiger charge is -2.06. The first-order valence-corrected chi connectivity index (χ1v) is 6.18. The molecule has 0 amide bonds. The Labute approximate surface area is 106 Å². The van der Waals surface area contributed by atoms with Crippen molar-refractivity contribution in [3.63, 3.8) is 0 Å². The average Bonchev–Trinajstić information content (AvgIpc) is 2.82. The van der Waals surface area contributed by atoms with E-state index >= 15 is 0 Å². The van der Waals surface area contributed by atoms with Crippen molar-refractivity contribution >= 4 is 17.8 Å². The number of benzene rings is 1. The van der Waals surface area contributed by atoms with E-state index in [0.29, 0.717) is 12.8 Å². The summed E-state index contributed by atoms with van der Waals surface area (Å²) in [6, 6.07) is 9.78. The summed E-state index contributed by atoms with van der Waals surface area (Å²) in [5.41, 5.74) is 1.06. The van der Waals surface area contributed by atoms with E-state index in [1.54, 1.807) is 6.08 Å². The maximum absolute atomic E-state index is 11.6. The molecular formula is C15H16O3. The van der Waals surface area contributed by atoms with E-state index < -0.39 is 5.92 Å². The van der Waals surface area contributed by atoms with Gasteiger partial charge in [-0.25, -0.2) is 0 Å². The molecule has 3 heteroatoms. The number of Topliss-reactive ketones (excluding diaryl/α,β-unsaturated/α-hetero) is 1. The van der Waals surface area contributed by atoms with Crippen LogP contribution in [0, 0.1) is 5.92 Å². The molecule has 0 radical (unpaired) electrons. The molecule has 2 rings (SSSR count). The Morgan fingerprint density at radius 2 is 2.11 bits per heavy atom. The van der Waals surface area contributed by atoms with Crippen LogP contribution >= 0.6 is 0 Å². The SMILES string of the molecule is O=C1CCCC1C(=O)OC/C=C/c1ccccc1. The molecule has 1 atom stereocenters. The van der Waals surface area contributed by atoms with Crippen LogP contribution in [0.5, 0.6) is 0 Å². The third-order valence-corrected chi connectivity index (χ3v) is 3.02. The van der Waals surface area contributed by atoms with Gasteiger partial charge < -0.3 is 4.74 Å². The Bertz CT molecular complexity index is 448. The molecule has 94 valence electrons. The first-order valence-electron chi connectivity index (χ1n) is 6.18. The van der Waals surface area contributed by atoms with Crippen molar-refractivity contribution < 1.29 is 14.3 Å². The molecule has 1 fully saturated rings. The number of ketones is 1. The quantitative estimate of drug-likeness (QED) is 0.604. The van der Waals surface area contributed by atoms with Gasteiger partial charge in [0.2, 0.25) is 0 Å². The number of rotatable bonds is 4. The second-order valence-electron chi connectivity index (χ2n) is 4.35. The molecule has 0 heterocycles. The smallest absolute Gasteiger partial charge is 0.316 e. The summed E-state index contributed by atoms with van der Waals surface area (Å²) in [5.74, 6) is -0.877. The van der Waals surface area contributed by atoms with Crippen LogP contribution in [0.3, 0.4) is 0 Å². The molecule has 1 aliphatic rings. The van der Waals surface area contributed by atoms with Crippen LogP contribution in [0.2, 0.25) is 0 Å². The molecule has 1 aromatic rings. The number of carbonyl (C=O) groups is 2. The zero-order valence-corrected chi connectivity index (χ0v) is 10.2. The van der Waals surface area contributed by atoms with E-state index in [2.05, 4.69) is 0 Å². The van der Waals surface area contributed by atoms with Gasteiger partial charge in [0.15, 0.2) is 0 Å². The molecule has 18 heavy (non-hydrogen) atoms. The Morgan fingerprint density at radius 3 is 2.78 bits per heavy atom. The number of esters is 1. The topological polar surface area (TPSA) is 43.4 Å². The second kappa shape index (κ2) is 6.15. The molecule has 1 saturated carbocycles. The molecule has 0 spiro atoms. The third-order valence-electron chi connectivity index (χ3n) is 3.02. The summed E-state index contributed by atoms with van der Waals surface area (Å²) in [5, 5.41) is 0. The number of hydrogen-bond donors (Lipinski definition) is 0. The van der Waals surface area contributed by atoms with Gasteiger partial charge in [0.05, 0.1) is 0 Å². The van der Waals surface area contributed by atoms with Gasteiger partial charge in [-0.05, 0) is 24.5 Å². The zero-order chi connectivity index (χ0) is 12.8. The van der Waals surface area contributed by atoms with E-state index in [0.717, 1.165) is 12.0 Å². The average molecular weight is 244 g/mol. The van der Waals surface area contributed by atoms with Gasteiger partial charge in [0, 0.05) is 6.42 Å². The predicted molar refractivity (Wildman–Crippen MR) is 68.8 cm³/mol. The summed E-state index contributed by atoms with van der Waals surface area (Å²) in [4.78, 5) is 22.9. The normalized spacial score (nSPS) is 19.3. The summed E-state index contributed by atoms with van der Waals surface area (Å²) in [6.45, 7) is 0.220. The minimum absolute atomic E-state index is 0.0204. The standard InChI is InChI=1S/C15H16O3/c16-14-10-4-9-13(14)15(17)18-11-5-8-12-6-2-1-3-7-12/h1-3,5-8,13H,4,9-11H2/b8-5+. The summed E-state index contributed by atoms with van der Waals surface area (Å²) < 4.78 is 5.07. The highest BCUT2D eigenvalue weighted by atomic mass is 16.5. The predicted octanol–water partition coefficient (Wildman–Crippen LogP) is 2.61. The number of ether oxygens (including phenoxy) is 1. The number of carbonyl (C=O) groups excluding carboxylic acids is 2. The van der Waals surface area contributed by atoms with E-state index in [9.17, 15) is 9.59 Å². The van der Waals surface area contributed by atoms with Gasteiger partial charge in [-0.3, -0.25) is 9.59 Å². The fraction of sp³-hybridized carbons (Fsp3) is 0.333. The Balaban J connectivity index is 1.77. The van der Waals surface area contributed by atoms with Crippen molar-refractivity contribution in [2.75, 3.05) is 6.61 Å². The van der Waals surface area contributed by atoms with Crippen molar-refractivity contribution in [3.05, 3.63) is 42.0 Å². The Hall–Kier alpha value is -1.90. The monoisotopic (exact) mass is 244 g/mol. The lowest BCUT2D eigenvalue weighted by atomic mass is 10.1. The highest BCUT2D eigenvalue weighted by Crippen LogP contribution is 2.22. The zero-order valence-electron chi connectivity index (χ0n) is 10.2. The van der Waals surface area contributed by atoms with Crippen molar-refractivity contribution in [2.45, 2.75) is 19.3 Å². The number of hydrogen-bond acceptors (Lipinski definition) is 3. The molecule has 1 aliphatic carbocycles. The summed E-state index contributed by atoms with van der Waals surface area (Å²) in [7, 11) is 0. The molecule has 0 bridgehead atoms. The first-order chi connectivity index (χ1) is 8.77. The molecule has 0 aromatic heterocycles.